The zero-order valence-electron chi connectivity index (χ0n) is 11.5. The van der Waals surface area contributed by atoms with Crippen LogP contribution in [0.25, 0.3) is 0 Å². The number of carbonyl (C=O) groups is 1. The molecule has 1 amide bonds. The molecule has 1 heterocycles. The van der Waals surface area contributed by atoms with Gasteiger partial charge < -0.3 is 10.1 Å². The molecule has 4 nitrogen and oxygen atoms in total. The molecule has 0 aliphatic carbocycles. The SMILES string of the molecule is CC1CN(CC(=O)Nc2ccc(Br)cc2F)CC(C)O1. The zero-order chi connectivity index (χ0) is 14.7. The van der Waals surface area contributed by atoms with Gasteiger partial charge in [-0.25, -0.2) is 4.39 Å². The summed E-state index contributed by atoms with van der Waals surface area (Å²) in [6.45, 7) is 5.62. The number of ether oxygens (including phenoxy) is 1. The number of nitrogens with zero attached hydrogens (tertiary/aromatic N) is 1. The summed E-state index contributed by atoms with van der Waals surface area (Å²) < 4.78 is 19.9. The number of rotatable bonds is 3. The standard InChI is InChI=1S/C14H18BrFN2O2/c1-9-6-18(7-10(2)20-9)8-14(19)17-13-4-3-11(15)5-12(13)16/h3-5,9-10H,6-8H2,1-2H3,(H,17,19). The number of morpholine rings is 1. The number of amides is 1. The molecule has 0 aromatic heterocycles. The van der Waals surface area contributed by atoms with Crippen LogP contribution in [0, 0.1) is 5.82 Å². The van der Waals surface area contributed by atoms with Gasteiger partial charge in [0.15, 0.2) is 0 Å². The molecule has 20 heavy (non-hydrogen) atoms. The van der Waals surface area contributed by atoms with E-state index >= 15 is 0 Å². The molecule has 0 radical (unpaired) electrons. The maximum atomic E-state index is 13.6. The molecular formula is C14H18BrFN2O2. The van der Waals surface area contributed by atoms with Crippen LogP contribution in [0.3, 0.4) is 0 Å². The minimum atomic E-state index is -0.448. The number of anilines is 1. The van der Waals surface area contributed by atoms with Crippen molar-refractivity contribution in [3.63, 3.8) is 0 Å². The average Bonchev–Trinajstić information content (AvgIpc) is 2.31. The summed E-state index contributed by atoms with van der Waals surface area (Å²) in [4.78, 5) is 14.0. The van der Waals surface area contributed by atoms with Crippen molar-refractivity contribution in [3.8, 4) is 0 Å². The van der Waals surface area contributed by atoms with Crippen molar-refractivity contribution >= 4 is 27.5 Å². The summed E-state index contributed by atoms with van der Waals surface area (Å²) in [5.41, 5.74) is 0.201. The third-order valence-electron chi connectivity index (χ3n) is 3.07. The summed E-state index contributed by atoms with van der Waals surface area (Å²) in [6.07, 6.45) is 0.215. The van der Waals surface area contributed by atoms with Crippen molar-refractivity contribution in [2.45, 2.75) is 26.1 Å². The second-order valence-corrected chi connectivity index (χ2v) is 6.04. The van der Waals surface area contributed by atoms with Gasteiger partial charge in [-0.15, -0.1) is 0 Å². The van der Waals surface area contributed by atoms with Crippen molar-refractivity contribution in [1.29, 1.82) is 0 Å². The lowest BCUT2D eigenvalue weighted by atomic mass is 10.2. The van der Waals surface area contributed by atoms with E-state index in [4.69, 9.17) is 4.74 Å². The topological polar surface area (TPSA) is 41.6 Å². The number of carbonyl (C=O) groups excluding carboxylic acids is 1. The second kappa shape index (κ2) is 6.65. The zero-order valence-corrected chi connectivity index (χ0v) is 13.1. The van der Waals surface area contributed by atoms with Gasteiger partial charge in [0.2, 0.25) is 5.91 Å². The Hall–Kier alpha value is -0.980. The summed E-state index contributed by atoms with van der Waals surface area (Å²) in [7, 11) is 0. The van der Waals surface area contributed by atoms with Gasteiger partial charge in [0.1, 0.15) is 5.82 Å². The molecular weight excluding hydrogens is 327 g/mol. The molecule has 1 fully saturated rings. The first-order valence-corrected chi connectivity index (χ1v) is 7.36. The van der Waals surface area contributed by atoms with Crippen LogP contribution < -0.4 is 5.32 Å². The van der Waals surface area contributed by atoms with Gasteiger partial charge in [-0.05, 0) is 32.0 Å². The molecule has 6 heteroatoms. The van der Waals surface area contributed by atoms with E-state index in [1.165, 1.54) is 6.07 Å². The highest BCUT2D eigenvalue weighted by Crippen LogP contribution is 2.19. The van der Waals surface area contributed by atoms with E-state index in [9.17, 15) is 9.18 Å². The fraction of sp³-hybridized carbons (Fsp3) is 0.500. The van der Waals surface area contributed by atoms with Gasteiger partial charge in [0.25, 0.3) is 0 Å². The van der Waals surface area contributed by atoms with E-state index < -0.39 is 5.82 Å². The number of nitrogens with one attached hydrogen (secondary N) is 1. The Kier molecular flexibility index (Phi) is 5.12. The van der Waals surface area contributed by atoms with Crippen molar-refractivity contribution in [1.82, 2.24) is 4.90 Å². The minimum Gasteiger partial charge on any atom is -0.373 e. The first kappa shape index (κ1) is 15.4. The van der Waals surface area contributed by atoms with Gasteiger partial charge in [-0.3, -0.25) is 9.69 Å². The van der Waals surface area contributed by atoms with Crippen LogP contribution in [0.4, 0.5) is 10.1 Å². The molecule has 1 aliphatic rings. The van der Waals surface area contributed by atoms with Crippen LogP contribution in [0.5, 0.6) is 0 Å². The number of hydrogen-bond donors (Lipinski definition) is 1. The Bertz CT molecular complexity index is 488. The molecule has 1 N–H and O–H groups in total. The predicted molar refractivity (Wildman–Crippen MR) is 79.2 cm³/mol. The molecule has 1 aliphatic heterocycles. The maximum absolute atomic E-state index is 13.6. The lowest BCUT2D eigenvalue weighted by molar-refractivity contribution is -0.121. The molecule has 110 valence electrons. The van der Waals surface area contributed by atoms with Crippen LogP contribution in [0.15, 0.2) is 22.7 Å². The molecule has 2 rings (SSSR count). The fourth-order valence-electron chi connectivity index (χ4n) is 2.40. The normalized spacial score (nSPS) is 23.6. The molecule has 0 saturated carbocycles. The van der Waals surface area contributed by atoms with E-state index in [1.54, 1.807) is 12.1 Å². The fourth-order valence-corrected chi connectivity index (χ4v) is 2.73. The third kappa shape index (κ3) is 4.26. The Morgan fingerprint density at radius 1 is 1.45 bits per heavy atom. The van der Waals surface area contributed by atoms with E-state index in [-0.39, 0.29) is 30.3 Å². The highest BCUT2D eigenvalue weighted by molar-refractivity contribution is 9.10. The summed E-state index contributed by atoms with van der Waals surface area (Å²) >= 11 is 3.18. The van der Waals surface area contributed by atoms with Crippen LogP contribution >= 0.6 is 15.9 Å². The third-order valence-corrected chi connectivity index (χ3v) is 3.56. The van der Waals surface area contributed by atoms with Gasteiger partial charge in [0.05, 0.1) is 24.4 Å². The summed E-state index contributed by atoms with van der Waals surface area (Å²) in [5.74, 6) is -0.663. The summed E-state index contributed by atoms with van der Waals surface area (Å²) in [6, 6.07) is 4.56. The molecule has 2 unspecified atom stereocenters. The van der Waals surface area contributed by atoms with Crippen molar-refractivity contribution in [2.75, 3.05) is 25.0 Å². The van der Waals surface area contributed by atoms with Crippen LogP contribution in [-0.2, 0) is 9.53 Å². The molecule has 1 saturated heterocycles. The quantitative estimate of drug-likeness (QED) is 0.916. The van der Waals surface area contributed by atoms with Crippen LogP contribution in [-0.4, -0.2) is 42.6 Å². The van der Waals surface area contributed by atoms with E-state index in [0.29, 0.717) is 17.6 Å². The molecule has 1 aromatic rings. The van der Waals surface area contributed by atoms with Gasteiger partial charge in [-0.2, -0.15) is 0 Å². The summed E-state index contributed by atoms with van der Waals surface area (Å²) in [5, 5.41) is 2.60. The minimum absolute atomic E-state index is 0.107. The highest BCUT2D eigenvalue weighted by atomic mass is 79.9. The molecule has 0 bridgehead atoms. The molecule has 0 spiro atoms. The molecule has 2 atom stereocenters. The maximum Gasteiger partial charge on any atom is 0.238 e. The predicted octanol–water partition coefficient (Wildman–Crippen LogP) is 2.64. The van der Waals surface area contributed by atoms with E-state index in [1.807, 2.05) is 18.7 Å². The number of halogens is 2. The van der Waals surface area contributed by atoms with Crippen LogP contribution in [0.2, 0.25) is 0 Å². The van der Waals surface area contributed by atoms with E-state index in [2.05, 4.69) is 21.2 Å². The van der Waals surface area contributed by atoms with Gasteiger partial charge >= 0.3 is 0 Å². The first-order valence-electron chi connectivity index (χ1n) is 6.56. The number of benzene rings is 1. The first-order chi connectivity index (χ1) is 9.44. The van der Waals surface area contributed by atoms with E-state index in [0.717, 1.165) is 0 Å². The highest BCUT2D eigenvalue weighted by Gasteiger charge is 2.23. The largest absolute Gasteiger partial charge is 0.373 e. The Labute approximate surface area is 126 Å². The molecule has 1 aromatic carbocycles. The Balaban J connectivity index is 1.92. The lowest BCUT2D eigenvalue weighted by Crippen LogP contribution is -2.48. The second-order valence-electron chi connectivity index (χ2n) is 5.12. The number of hydrogen-bond acceptors (Lipinski definition) is 3. The van der Waals surface area contributed by atoms with Crippen molar-refractivity contribution < 1.29 is 13.9 Å². The van der Waals surface area contributed by atoms with Gasteiger partial charge in [-0.1, -0.05) is 15.9 Å². The monoisotopic (exact) mass is 344 g/mol. The lowest BCUT2D eigenvalue weighted by Gasteiger charge is -2.34. The van der Waals surface area contributed by atoms with Gasteiger partial charge in [0, 0.05) is 17.6 Å². The van der Waals surface area contributed by atoms with Crippen LogP contribution in [0.1, 0.15) is 13.8 Å². The van der Waals surface area contributed by atoms with Crippen molar-refractivity contribution in [2.24, 2.45) is 0 Å². The Morgan fingerprint density at radius 2 is 2.10 bits per heavy atom. The van der Waals surface area contributed by atoms with Crippen molar-refractivity contribution in [3.05, 3.63) is 28.5 Å². The average molecular weight is 345 g/mol. The smallest absolute Gasteiger partial charge is 0.238 e. The Morgan fingerprint density at radius 3 is 2.70 bits per heavy atom.